The predicted molar refractivity (Wildman–Crippen MR) is 95.8 cm³/mol. The molecule has 1 heterocycles. The van der Waals surface area contributed by atoms with E-state index in [1.54, 1.807) is 0 Å². The van der Waals surface area contributed by atoms with Crippen LogP contribution in [0.2, 0.25) is 0 Å². The minimum Gasteiger partial charge on any atom is -0.545 e. The van der Waals surface area contributed by atoms with Crippen molar-refractivity contribution in [2.24, 2.45) is 11.8 Å². The van der Waals surface area contributed by atoms with Crippen molar-refractivity contribution in [2.75, 3.05) is 19.7 Å². The molecule has 2 fully saturated rings. The fraction of sp³-hybridized carbons (Fsp3) is 0.889. The molecule has 1 aliphatic heterocycles. The van der Waals surface area contributed by atoms with Gasteiger partial charge in [-0.15, -0.1) is 5.92 Å². The Morgan fingerprint density at radius 3 is 2.52 bits per heavy atom. The zero-order valence-corrected chi connectivity index (χ0v) is 21.1. The Morgan fingerprint density at radius 2 is 2.00 bits per heavy atom. The van der Waals surface area contributed by atoms with Crippen molar-refractivity contribution >= 4 is 8.53 Å². The van der Waals surface area contributed by atoms with Gasteiger partial charge in [0, 0.05) is 44.2 Å². The molecule has 0 spiro atoms. The summed E-state index contributed by atoms with van der Waals surface area (Å²) in [5.41, 5.74) is -0.187. The molecule has 0 aromatic rings. The van der Waals surface area contributed by atoms with E-state index in [1.165, 1.54) is 0 Å². The minimum atomic E-state index is -1.15. The zero-order chi connectivity index (χ0) is 17.6. The first kappa shape index (κ1) is 23.9. The molecule has 1 saturated heterocycles. The number of hydrogen-bond acceptors (Lipinski definition) is 5. The van der Waals surface area contributed by atoms with Gasteiger partial charge in [0.1, 0.15) is 0 Å². The van der Waals surface area contributed by atoms with E-state index in [-0.39, 0.29) is 42.8 Å². The largest absolute Gasteiger partial charge is 0.545 e. The summed E-state index contributed by atoms with van der Waals surface area (Å²) >= 11 is 0. The summed E-state index contributed by atoms with van der Waals surface area (Å²) in [5, 5.41) is 8.81. The van der Waals surface area contributed by atoms with Gasteiger partial charge in [-0.3, -0.25) is 0 Å². The second-order valence-electron chi connectivity index (χ2n) is 6.89. The summed E-state index contributed by atoms with van der Waals surface area (Å²) in [6, 6.07) is 2.16. The topological polar surface area (TPSA) is 54.7 Å². The molecule has 2 rings (SSSR count). The summed E-state index contributed by atoms with van der Waals surface area (Å²) in [6.07, 6.45) is 4.62. The molecule has 1 unspecified atom stereocenters. The van der Waals surface area contributed by atoms with E-state index in [4.69, 9.17) is 19.0 Å². The molecule has 25 heavy (non-hydrogen) atoms. The van der Waals surface area contributed by atoms with Crippen molar-refractivity contribution < 1.29 is 44.9 Å². The Bertz CT molecular complexity index is 431. The van der Waals surface area contributed by atoms with Crippen molar-refractivity contribution in [3.8, 4) is 6.07 Å². The van der Waals surface area contributed by atoms with E-state index in [9.17, 15) is 0 Å². The number of ether oxygens (including phenoxy) is 1. The molecule has 0 aromatic carbocycles. The molecule has 1 aliphatic carbocycles. The van der Waals surface area contributed by atoms with Gasteiger partial charge in [-0.05, 0) is 25.7 Å². The SMILES string of the molecule is CCCN(CCC)P(OCCC#N)O[C@H]1[C@H]2[CH-]O[C@@]1(CC)C[C@H]2C.[U]. The molecule has 0 N–H and O–H groups in total. The number of rotatable bonds is 11. The van der Waals surface area contributed by atoms with Crippen LogP contribution in [0.15, 0.2) is 0 Å². The van der Waals surface area contributed by atoms with Crippen LogP contribution in [0.4, 0.5) is 0 Å². The Balaban J connectivity index is 0.00000312. The molecule has 5 atom stereocenters. The van der Waals surface area contributed by atoms with Gasteiger partial charge >= 0.3 is 0 Å². The normalized spacial score (nSPS) is 31.8. The average Bonchev–Trinajstić information content (AvgIpc) is 3.05. The maximum Gasteiger partial charge on any atom is 0.259 e. The minimum absolute atomic E-state index is 0. The van der Waals surface area contributed by atoms with Crippen molar-refractivity contribution in [3.05, 3.63) is 6.61 Å². The Morgan fingerprint density at radius 1 is 1.32 bits per heavy atom. The van der Waals surface area contributed by atoms with Gasteiger partial charge in [-0.1, -0.05) is 33.6 Å². The zero-order valence-electron chi connectivity index (χ0n) is 16.0. The first-order chi connectivity index (χ1) is 11.6. The summed E-state index contributed by atoms with van der Waals surface area (Å²) in [7, 11) is -1.15. The Labute approximate surface area is 178 Å². The first-order valence-corrected chi connectivity index (χ1v) is 10.5. The summed E-state index contributed by atoms with van der Waals surface area (Å²) < 4.78 is 21.0. The van der Waals surface area contributed by atoms with Crippen LogP contribution >= 0.6 is 8.53 Å². The molecule has 2 bridgehead atoms. The van der Waals surface area contributed by atoms with Crippen LogP contribution in [0, 0.1) is 60.9 Å². The van der Waals surface area contributed by atoms with Crippen molar-refractivity contribution in [1.82, 2.24) is 4.67 Å². The maximum absolute atomic E-state index is 8.81. The third-order valence-electron chi connectivity index (χ3n) is 5.06. The number of fused-ring (bicyclic) bond motifs is 2. The number of hydrogen-bond donors (Lipinski definition) is 0. The van der Waals surface area contributed by atoms with E-state index >= 15 is 0 Å². The smallest absolute Gasteiger partial charge is 0.259 e. The van der Waals surface area contributed by atoms with E-state index in [2.05, 4.69) is 38.4 Å². The number of nitrogens with zero attached hydrogens (tertiary/aromatic N) is 2. The van der Waals surface area contributed by atoms with Gasteiger partial charge in [-0.25, -0.2) is 11.3 Å². The van der Waals surface area contributed by atoms with Gasteiger partial charge in [-0.2, -0.15) is 5.26 Å². The van der Waals surface area contributed by atoms with Crippen LogP contribution in [0.3, 0.4) is 0 Å². The molecule has 7 heteroatoms. The molecule has 142 valence electrons. The summed E-state index contributed by atoms with van der Waals surface area (Å²) in [4.78, 5) is 0. The van der Waals surface area contributed by atoms with Gasteiger partial charge in [0.2, 0.25) is 0 Å². The van der Waals surface area contributed by atoms with Gasteiger partial charge in [0.05, 0.1) is 30.8 Å². The van der Waals surface area contributed by atoms with Crippen LogP contribution in [-0.4, -0.2) is 36.1 Å². The molecule has 5 nitrogen and oxygen atoms in total. The third kappa shape index (κ3) is 5.65. The Kier molecular flexibility index (Phi) is 11.1. The molecule has 0 aromatic heterocycles. The third-order valence-corrected chi connectivity index (χ3v) is 6.74. The summed E-state index contributed by atoms with van der Waals surface area (Å²) in [6.45, 7) is 13.2. The number of nitriles is 1. The van der Waals surface area contributed by atoms with E-state index < -0.39 is 8.53 Å². The van der Waals surface area contributed by atoms with Crippen LogP contribution in [0.25, 0.3) is 0 Å². The van der Waals surface area contributed by atoms with Crippen LogP contribution < -0.4 is 0 Å². The van der Waals surface area contributed by atoms with Crippen LogP contribution in [-0.2, 0) is 13.8 Å². The van der Waals surface area contributed by atoms with E-state index in [0.29, 0.717) is 24.9 Å². The molecule has 0 amide bonds. The second kappa shape index (κ2) is 11.6. The van der Waals surface area contributed by atoms with Crippen molar-refractivity contribution in [1.29, 1.82) is 5.26 Å². The molecule has 2 aliphatic rings. The van der Waals surface area contributed by atoms with Gasteiger partial charge in [0.15, 0.2) is 0 Å². The van der Waals surface area contributed by atoms with Crippen molar-refractivity contribution in [2.45, 2.75) is 71.5 Å². The van der Waals surface area contributed by atoms with E-state index in [1.807, 2.05) is 6.61 Å². The van der Waals surface area contributed by atoms with Crippen LogP contribution in [0.1, 0.15) is 59.8 Å². The standard InChI is InChI=1S/C18H32N2O3P.U/c1-5-10-20(11-6-2)24(22-12-8-9-19)23-17-16-14-21-18(17,7-3)13-15(16)4;/h14-17H,5-8,10-13H2,1-4H3;/q-1;/t15-,16+,17+,18+,24?;/m1./s1. The fourth-order valence-corrected chi connectivity index (χ4v) is 5.67. The second-order valence-corrected chi connectivity index (χ2v) is 8.40. The fourth-order valence-electron chi connectivity index (χ4n) is 3.81. The van der Waals surface area contributed by atoms with Crippen molar-refractivity contribution in [3.63, 3.8) is 0 Å². The maximum atomic E-state index is 8.81. The first-order valence-electron chi connectivity index (χ1n) is 9.34. The monoisotopic (exact) mass is 593 g/mol. The molecular weight excluding hydrogens is 561 g/mol. The van der Waals surface area contributed by atoms with Crippen LogP contribution in [0.5, 0.6) is 0 Å². The van der Waals surface area contributed by atoms with Gasteiger partial charge < -0.3 is 13.8 Å². The molecule has 0 radical (unpaired) electrons. The van der Waals surface area contributed by atoms with Gasteiger partial charge in [0.25, 0.3) is 8.53 Å². The Hall–Kier alpha value is 0.812. The average molecular weight is 593 g/mol. The molecular formula is C18H32N2O3PU-. The van der Waals surface area contributed by atoms with E-state index in [0.717, 1.165) is 38.8 Å². The summed E-state index contributed by atoms with van der Waals surface area (Å²) in [5.74, 6) is 0.935. The predicted octanol–water partition coefficient (Wildman–Crippen LogP) is 4.65. The molecule has 1 saturated carbocycles. The quantitative estimate of drug-likeness (QED) is 0.199.